The van der Waals surface area contributed by atoms with Gasteiger partial charge in [0.15, 0.2) is 0 Å². The number of nitrogens with one attached hydrogen (secondary N) is 2. The van der Waals surface area contributed by atoms with E-state index in [9.17, 15) is 9.59 Å². The number of carbonyl (C=O) groups is 2. The van der Waals surface area contributed by atoms with Crippen molar-refractivity contribution in [2.45, 2.75) is 26.7 Å². The summed E-state index contributed by atoms with van der Waals surface area (Å²) in [6.07, 6.45) is 2.79. The number of halogens is 1. The van der Waals surface area contributed by atoms with E-state index in [2.05, 4.69) is 15.6 Å². The molecule has 1 heterocycles. The number of carbonyl (C=O) groups excluding carboxylic acids is 2. The van der Waals surface area contributed by atoms with Crippen molar-refractivity contribution in [1.29, 1.82) is 0 Å². The lowest BCUT2D eigenvalue weighted by molar-refractivity contribution is -0.116. The third kappa shape index (κ3) is 4.79. The predicted molar refractivity (Wildman–Crippen MR) is 91.9 cm³/mol. The Morgan fingerprint density at radius 3 is 2.48 bits per heavy atom. The fraction of sp³-hybridized carbons (Fsp3) is 0.235. The molecule has 0 fully saturated rings. The lowest BCUT2D eigenvalue weighted by Crippen LogP contribution is -2.15. The highest BCUT2D eigenvalue weighted by Gasteiger charge is 2.09. The van der Waals surface area contributed by atoms with Crippen LogP contribution in [0.25, 0.3) is 0 Å². The first kappa shape index (κ1) is 17.0. The number of pyridine rings is 1. The van der Waals surface area contributed by atoms with Crippen LogP contribution in [-0.4, -0.2) is 16.8 Å². The third-order valence-corrected chi connectivity index (χ3v) is 3.46. The molecule has 0 radical (unpaired) electrons. The second-order valence-electron chi connectivity index (χ2n) is 5.14. The second-order valence-corrected chi connectivity index (χ2v) is 5.58. The highest BCUT2D eigenvalue weighted by molar-refractivity contribution is 6.30. The van der Waals surface area contributed by atoms with Crippen LogP contribution >= 0.6 is 11.6 Å². The minimum Gasteiger partial charge on any atom is -0.325 e. The van der Waals surface area contributed by atoms with Crippen molar-refractivity contribution in [3.8, 4) is 0 Å². The van der Waals surface area contributed by atoms with E-state index in [0.717, 1.165) is 12.0 Å². The number of hydrogen-bond donors (Lipinski definition) is 2. The van der Waals surface area contributed by atoms with Crippen LogP contribution in [0, 0.1) is 6.92 Å². The molecular formula is C17H18ClN3O2. The van der Waals surface area contributed by atoms with Gasteiger partial charge in [-0.2, -0.15) is 0 Å². The Balaban J connectivity index is 2.06. The number of benzene rings is 1. The Kier molecular flexibility index (Phi) is 5.71. The van der Waals surface area contributed by atoms with Gasteiger partial charge in [0.05, 0.1) is 11.9 Å². The minimum atomic E-state index is -0.267. The van der Waals surface area contributed by atoms with E-state index in [0.29, 0.717) is 28.5 Å². The maximum absolute atomic E-state index is 12.1. The fourth-order valence-electron chi connectivity index (χ4n) is 1.98. The highest BCUT2D eigenvalue weighted by Crippen LogP contribution is 2.18. The largest absolute Gasteiger partial charge is 0.325 e. The van der Waals surface area contributed by atoms with E-state index in [1.54, 1.807) is 36.5 Å². The number of nitrogens with zero attached hydrogens (tertiary/aromatic N) is 1. The van der Waals surface area contributed by atoms with Crippen LogP contribution in [0.3, 0.4) is 0 Å². The number of rotatable bonds is 5. The summed E-state index contributed by atoms with van der Waals surface area (Å²) < 4.78 is 0. The lowest BCUT2D eigenvalue weighted by Gasteiger charge is -2.10. The van der Waals surface area contributed by atoms with Gasteiger partial charge in [0, 0.05) is 17.0 Å². The van der Waals surface area contributed by atoms with Crippen molar-refractivity contribution >= 4 is 34.9 Å². The van der Waals surface area contributed by atoms with Crippen molar-refractivity contribution in [1.82, 2.24) is 4.98 Å². The molecule has 6 heteroatoms. The maximum Gasteiger partial charge on any atom is 0.256 e. The van der Waals surface area contributed by atoms with E-state index in [1.807, 2.05) is 13.8 Å². The van der Waals surface area contributed by atoms with Gasteiger partial charge >= 0.3 is 0 Å². The molecule has 0 bridgehead atoms. The predicted octanol–water partition coefficient (Wildman–Crippen LogP) is 4.03. The summed E-state index contributed by atoms with van der Waals surface area (Å²) in [5.41, 5.74) is 1.97. The summed E-state index contributed by atoms with van der Waals surface area (Å²) >= 11 is 5.80. The average molecular weight is 332 g/mol. The summed E-state index contributed by atoms with van der Waals surface area (Å²) in [5, 5.41) is 6.09. The molecular weight excluding hydrogens is 314 g/mol. The molecule has 0 saturated heterocycles. The van der Waals surface area contributed by atoms with E-state index < -0.39 is 0 Å². The van der Waals surface area contributed by atoms with Gasteiger partial charge < -0.3 is 10.6 Å². The highest BCUT2D eigenvalue weighted by atomic mass is 35.5. The van der Waals surface area contributed by atoms with Gasteiger partial charge in [-0.25, -0.2) is 4.98 Å². The van der Waals surface area contributed by atoms with Gasteiger partial charge in [-0.15, -0.1) is 0 Å². The number of aryl methyl sites for hydroxylation is 1. The molecule has 1 aromatic carbocycles. The standard InChI is InChI=1S/C17H18ClN3O2/c1-3-4-16(22)20-14-10-19-15(9-11(14)2)21-17(23)12-5-7-13(18)8-6-12/h5-10H,3-4H2,1-2H3,(H,20,22)(H,19,21,23). The monoisotopic (exact) mass is 331 g/mol. The molecule has 1 aromatic heterocycles. The van der Waals surface area contributed by atoms with Crippen molar-refractivity contribution in [3.05, 3.63) is 52.7 Å². The average Bonchev–Trinajstić information content (AvgIpc) is 2.51. The van der Waals surface area contributed by atoms with Crippen molar-refractivity contribution in [2.75, 3.05) is 10.6 Å². The first-order chi connectivity index (χ1) is 11.0. The number of anilines is 2. The Labute approximate surface area is 140 Å². The molecule has 5 nitrogen and oxygen atoms in total. The Bertz CT molecular complexity index is 714. The molecule has 0 unspecified atom stereocenters. The van der Waals surface area contributed by atoms with Gasteiger partial charge in [0.1, 0.15) is 5.82 Å². The molecule has 0 atom stereocenters. The van der Waals surface area contributed by atoms with E-state index in [1.165, 1.54) is 0 Å². The summed E-state index contributed by atoms with van der Waals surface area (Å²) in [6.45, 7) is 3.79. The smallest absolute Gasteiger partial charge is 0.256 e. The van der Waals surface area contributed by atoms with Gasteiger partial charge in [-0.3, -0.25) is 9.59 Å². The zero-order valence-corrected chi connectivity index (χ0v) is 13.8. The molecule has 0 aliphatic rings. The summed E-state index contributed by atoms with van der Waals surface area (Å²) in [5.74, 6) is 0.114. The number of hydrogen-bond acceptors (Lipinski definition) is 3. The van der Waals surface area contributed by atoms with Gasteiger partial charge in [-0.05, 0) is 49.2 Å². The second kappa shape index (κ2) is 7.74. The molecule has 0 aliphatic carbocycles. The Hall–Kier alpha value is -2.40. The fourth-order valence-corrected chi connectivity index (χ4v) is 2.11. The van der Waals surface area contributed by atoms with Crippen molar-refractivity contribution < 1.29 is 9.59 Å². The zero-order valence-electron chi connectivity index (χ0n) is 13.0. The van der Waals surface area contributed by atoms with E-state index >= 15 is 0 Å². The summed E-state index contributed by atoms with van der Waals surface area (Å²) in [7, 11) is 0. The zero-order chi connectivity index (χ0) is 16.8. The quantitative estimate of drug-likeness (QED) is 0.868. The van der Waals surface area contributed by atoms with Crippen molar-refractivity contribution in [3.63, 3.8) is 0 Å². The lowest BCUT2D eigenvalue weighted by atomic mass is 10.2. The van der Waals surface area contributed by atoms with Gasteiger partial charge in [0.2, 0.25) is 5.91 Å². The topological polar surface area (TPSA) is 71.1 Å². The van der Waals surface area contributed by atoms with E-state index in [4.69, 9.17) is 11.6 Å². The molecule has 0 saturated carbocycles. The maximum atomic E-state index is 12.1. The van der Waals surface area contributed by atoms with Crippen molar-refractivity contribution in [2.24, 2.45) is 0 Å². The van der Waals surface area contributed by atoms with Crippen LogP contribution in [0.2, 0.25) is 5.02 Å². The normalized spacial score (nSPS) is 10.2. The summed E-state index contributed by atoms with van der Waals surface area (Å²) in [4.78, 5) is 27.9. The van der Waals surface area contributed by atoms with Crippen LogP contribution in [0.5, 0.6) is 0 Å². The number of aromatic nitrogens is 1. The number of amides is 2. The minimum absolute atomic E-state index is 0.0460. The van der Waals surface area contributed by atoms with Gasteiger partial charge in [-0.1, -0.05) is 18.5 Å². The molecule has 2 N–H and O–H groups in total. The molecule has 2 rings (SSSR count). The summed E-state index contributed by atoms with van der Waals surface area (Å²) in [6, 6.07) is 8.31. The Morgan fingerprint density at radius 1 is 1.17 bits per heavy atom. The van der Waals surface area contributed by atoms with Gasteiger partial charge in [0.25, 0.3) is 5.91 Å². The van der Waals surface area contributed by atoms with Crippen LogP contribution in [-0.2, 0) is 4.79 Å². The Morgan fingerprint density at radius 2 is 1.87 bits per heavy atom. The first-order valence-corrected chi connectivity index (χ1v) is 7.71. The molecule has 2 amide bonds. The van der Waals surface area contributed by atoms with Crippen LogP contribution in [0.4, 0.5) is 11.5 Å². The van der Waals surface area contributed by atoms with Crippen LogP contribution in [0.1, 0.15) is 35.7 Å². The van der Waals surface area contributed by atoms with Crippen LogP contribution < -0.4 is 10.6 Å². The molecule has 120 valence electrons. The molecule has 0 aliphatic heterocycles. The molecule has 0 spiro atoms. The van der Waals surface area contributed by atoms with E-state index in [-0.39, 0.29) is 11.8 Å². The molecule has 23 heavy (non-hydrogen) atoms. The molecule has 2 aromatic rings. The SMILES string of the molecule is CCCC(=O)Nc1cnc(NC(=O)c2ccc(Cl)cc2)cc1C. The third-order valence-electron chi connectivity index (χ3n) is 3.21. The van der Waals surface area contributed by atoms with Crippen LogP contribution in [0.15, 0.2) is 36.5 Å². The first-order valence-electron chi connectivity index (χ1n) is 7.33.